The van der Waals surface area contributed by atoms with Crippen molar-refractivity contribution in [2.24, 2.45) is 10.2 Å². The summed E-state index contributed by atoms with van der Waals surface area (Å²) in [6.45, 7) is 2.64. The van der Waals surface area contributed by atoms with E-state index in [4.69, 9.17) is 11.2 Å². The number of terminal acetylenes is 1. The molecule has 4 heteroatoms. The third-order valence-electron chi connectivity index (χ3n) is 2.97. The fourth-order valence-electron chi connectivity index (χ4n) is 1.72. The highest BCUT2D eigenvalue weighted by Crippen LogP contribution is 2.37. The summed E-state index contributed by atoms with van der Waals surface area (Å²) < 4.78 is 6.76. The normalized spacial score (nSPS) is 15.2. The average Bonchev–Trinajstić information content (AvgIpc) is 3.13. The molecule has 0 unspecified atom stereocenters. The molecule has 1 aromatic rings. The molecule has 18 heavy (non-hydrogen) atoms. The number of aryl methyl sites for hydroxylation is 1. The maximum atomic E-state index is 5.75. The molecule has 0 fully saturated rings. The number of benzene rings is 1. The van der Waals surface area contributed by atoms with Gasteiger partial charge in [0, 0.05) is 19.3 Å². The number of hydrogen-bond acceptors (Lipinski definition) is 3. The molecule has 1 aliphatic rings. The van der Waals surface area contributed by atoms with Crippen molar-refractivity contribution in [1.82, 2.24) is 0 Å². The lowest BCUT2D eigenvalue weighted by Gasteiger charge is -2.12. The van der Waals surface area contributed by atoms with E-state index in [2.05, 4.69) is 32.1 Å². The van der Waals surface area contributed by atoms with Crippen molar-refractivity contribution in [2.45, 2.75) is 31.8 Å². The van der Waals surface area contributed by atoms with Crippen LogP contribution < -0.4 is 4.74 Å². The number of nitrogens with zero attached hydrogens (tertiary/aromatic N) is 2. The molecular weight excluding hydrogens is 292 g/mol. The molecule has 1 aliphatic heterocycles. The predicted octanol–water partition coefficient (Wildman–Crippen LogP) is 4.10. The van der Waals surface area contributed by atoms with Crippen LogP contribution in [0.2, 0.25) is 0 Å². The van der Waals surface area contributed by atoms with E-state index in [9.17, 15) is 0 Å². The van der Waals surface area contributed by atoms with E-state index in [1.165, 1.54) is 0 Å². The van der Waals surface area contributed by atoms with Crippen molar-refractivity contribution in [3.05, 3.63) is 28.2 Å². The van der Waals surface area contributed by atoms with Crippen LogP contribution in [0.5, 0.6) is 5.75 Å². The standard InChI is InChI=1S/C14H15BrN2O/c1-3-4-8-14(16-17-14)9-10-18-12-7-5-6-11(2)13(12)15/h1,5-7H,4,8-10H2,2H3. The van der Waals surface area contributed by atoms with Gasteiger partial charge in [-0.05, 0) is 34.5 Å². The summed E-state index contributed by atoms with van der Waals surface area (Å²) in [6.07, 6.45) is 7.57. The molecule has 0 aromatic heterocycles. The minimum Gasteiger partial charge on any atom is -0.492 e. The Morgan fingerprint density at radius 2 is 2.17 bits per heavy atom. The molecule has 0 spiro atoms. The minimum absolute atomic E-state index is 0.261. The summed E-state index contributed by atoms with van der Waals surface area (Å²) in [5.74, 6) is 3.48. The van der Waals surface area contributed by atoms with Crippen LogP contribution >= 0.6 is 15.9 Å². The van der Waals surface area contributed by atoms with Gasteiger partial charge in [0.15, 0.2) is 5.66 Å². The monoisotopic (exact) mass is 306 g/mol. The van der Waals surface area contributed by atoms with E-state index in [1.54, 1.807) is 0 Å². The Labute approximate surface area is 116 Å². The lowest BCUT2D eigenvalue weighted by molar-refractivity contribution is 0.282. The molecule has 0 bridgehead atoms. The molecule has 2 rings (SSSR count). The van der Waals surface area contributed by atoms with Gasteiger partial charge in [-0.15, -0.1) is 12.3 Å². The van der Waals surface area contributed by atoms with E-state index < -0.39 is 0 Å². The van der Waals surface area contributed by atoms with Gasteiger partial charge in [-0.25, -0.2) is 0 Å². The molecule has 0 atom stereocenters. The van der Waals surface area contributed by atoms with Gasteiger partial charge in [0.1, 0.15) is 5.75 Å². The van der Waals surface area contributed by atoms with Crippen LogP contribution in [0.25, 0.3) is 0 Å². The first kappa shape index (κ1) is 13.1. The fraction of sp³-hybridized carbons (Fsp3) is 0.429. The van der Waals surface area contributed by atoms with Crippen molar-refractivity contribution in [3.8, 4) is 18.1 Å². The summed E-state index contributed by atoms with van der Waals surface area (Å²) in [6, 6.07) is 5.97. The third-order valence-corrected chi connectivity index (χ3v) is 3.99. The van der Waals surface area contributed by atoms with Gasteiger partial charge in [0.25, 0.3) is 0 Å². The molecule has 1 heterocycles. The SMILES string of the molecule is C#CCCC1(CCOc2cccc(C)c2Br)N=N1. The first-order valence-electron chi connectivity index (χ1n) is 5.92. The zero-order valence-electron chi connectivity index (χ0n) is 10.3. The molecule has 94 valence electrons. The van der Waals surface area contributed by atoms with Crippen LogP contribution in [-0.2, 0) is 0 Å². The number of halogens is 1. The van der Waals surface area contributed by atoms with Crippen molar-refractivity contribution in [2.75, 3.05) is 6.61 Å². The molecule has 0 aliphatic carbocycles. The quantitative estimate of drug-likeness (QED) is 0.728. The highest BCUT2D eigenvalue weighted by Gasteiger charge is 2.38. The van der Waals surface area contributed by atoms with Crippen molar-refractivity contribution >= 4 is 15.9 Å². The van der Waals surface area contributed by atoms with Gasteiger partial charge < -0.3 is 4.74 Å². The first-order valence-corrected chi connectivity index (χ1v) is 6.72. The Kier molecular flexibility index (Phi) is 4.03. The topological polar surface area (TPSA) is 34.0 Å². The first-order chi connectivity index (χ1) is 8.67. The predicted molar refractivity (Wildman–Crippen MR) is 74.6 cm³/mol. The Bertz CT molecular complexity index is 499. The molecule has 0 amide bonds. The second-order valence-electron chi connectivity index (χ2n) is 4.37. The van der Waals surface area contributed by atoms with Gasteiger partial charge in [0.2, 0.25) is 0 Å². The third kappa shape index (κ3) is 3.11. The lowest BCUT2D eigenvalue weighted by atomic mass is 10.1. The van der Waals surface area contributed by atoms with E-state index in [0.717, 1.165) is 28.6 Å². The summed E-state index contributed by atoms with van der Waals surface area (Å²) in [7, 11) is 0. The maximum Gasteiger partial charge on any atom is 0.195 e. The molecule has 1 aromatic carbocycles. The Hall–Kier alpha value is -1.34. The Morgan fingerprint density at radius 1 is 1.39 bits per heavy atom. The number of ether oxygens (including phenoxy) is 1. The average molecular weight is 307 g/mol. The second kappa shape index (κ2) is 5.53. The maximum absolute atomic E-state index is 5.75. The number of hydrogen-bond donors (Lipinski definition) is 0. The van der Waals surface area contributed by atoms with Gasteiger partial charge in [-0.3, -0.25) is 0 Å². The van der Waals surface area contributed by atoms with Gasteiger partial charge >= 0.3 is 0 Å². The van der Waals surface area contributed by atoms with Crippen LogP contribution in [-0.4, -0.2) is 12.3 Å². The molecular formula is C14H15BrN2O. The summed E-state index contributed by atoms with van der Waals surface area (Å²) in [4.78, 5) is 0. The van der Waals surface area contributed by atoms with Gasteiger partial charge in [-0.1, -0.05) is 12.1 Å². The van der Waals surface area contributed by atoms with Gasteiger partial charge in [0.05, 0.1) is 11.1 Å². The number of rotatable bonds is 6. The summed E-state index contributed by atoms with van der Waals surface area (Å²) in [5, 5.41) is 8.16. The summed E-state index contributed by atoms with van der Waals surface area (Å²) in [5.41, 5.74) is 0.901. The van der Waals surface area contributed by atoms with Crippen LogP contribution in [0, 0.1) is 19.3 Å². The van der Waals surface area contributed by atoms with Crippen LogP contribution in [0.1, 0.15) is 24.8 Å². The van der Waals surface area contributed by atoms with E-state index in [1.807, 2.05) is 25.1 Å². The fourth-order valence-corrected chi connectivity index (χ4v) is 2.10. The van der Waals surface area contributed by atoms with Crippen LogP contribution in [0.4, 0.5) is 0 Å². The Balaban J connectivity index is 1.82. The van der Waals surface area contributed by atoms with Crippen molar-refractivity contribution < 1.29 is 4.74 Å². The molecule has 0 saturated carbocycles. The smallest absolute Gasteiger partial charge is 0.195 e. The summed E-state index contributed by atoms with van der Waals surface area (Å²) >= 11 is 3.52. The molecule has 3 nitrogen and oxygen atoms in total. The van der Waals surface area contributed by atoms with E-state index in [0.29, 0.717) is 13.0 Å². The highest BCUT2D eigenvalue weighted by atomic mass is 79.9. The van der Waals surface area contributed by atoms with Gasteiger partial charge in [-0.2, -0.15) is 10.2 Å². The largest absolute Gasteiger partial charge is 0.492 e. The molecule has 0 N–H and O–H groups in total. The van der Waals surface area contributed by atoms with E-state index in [-0.39, 0.29) is 5.66 Å². The Morgan fingerprint density at radius 3 is 2.83 bits per heavy atom. The van der Waals surface area contributed by atoms with Crippen molar-refractivity contribution in [3.63, 3.8) is 0 Å². The van der Waals surface area contributed by atoms with E-state index >= 15 is 0 Å². The zero-order valence-corrected chi connectivity index (χ0v) is 11.9. The molecule has 0 saturated heterocycles. The zero-order chi connectivity index (χ0) is 13.0. The highest BCUT2D eigenvalue weighted by molar-refractivity contribution is 9.10. The second-order valence-corrected chi connectivity index (χ2v) is 5.17. The van der Waals surface area contributed by atoms with Crippen molar-refractivity contribution in [1.29, 1.82) is 0 Å². The lowest BCUT2D eigenvalue weighted by Crippen LogP contribution is -2.15. The molecule has 0 radical (unpaired) electrons. The minimum atomic E-state index is -0.261. The van der Waals surface area contributed by atoms with Crippen LogP contribution in [0.3, 0.4) is 0 Å². The van der Waals surface area contributed by atoms with Crippen LogP contribution in [0.15, 0.2) is 32.9 Å².